The molecule has 0 saturated carbocycles. The normalized spacial score (nSPS) is 17.2. The molecule has 0 aliphatic carbocycles. The maximum absolute atomic E-state index is 5.92. The van der Waals surface area contributed by atoms with Gasteiger partial charge < -0.3 is 4.52 Å². The molecule has 2 aromatic rings. The molecule has 5 heteroatoms. The van der Waals surface area contributed by atoms with Crippen LogP contribution in [0.2, 0.25) is 5.02 Å². The molecular weight excluding hydrogens is 286 g/mol. The molecule has 1 aliphatic heterocycles. The zero-order valence-electron chi connectivity index (χ0n) is 12.3. The average Bonchev–Trinajstić information content (AvgIpc) is 2.89. The molecule has 1 aromatic carbocycles. The lowest BCUT2D eigenvalue weighted by Crippen LogP contribution is -2.45. The van der Waals surface area contributed by atoms with Crippen molar-refractivity contribution in [1.29, 1.82) is 0 Å². The van der Waals surface area contributed by atoms with E-state index < -0.39 is 0 Å². The second-order valence-corrected chi connectivity index (χ2v) is 6.04. The molecule has 112 valence electrons. The first-order valence-corrected chi connectivity index (χ1v) is 7.68. The van der Waals surface area contributed by atoms with E-state index in [1.807, 2.05) is 25.1 Å². The van der Waals surface area contributed by atoms with Crippen molar-refractivity contribution in [2.75, 3.05) is 26.2 Å². The van der Waals surface area contributed by atoms with E-state index in [9.17, 15) is 0 Å². The summed E-state index contributed by atoms with van der Waals surface area (Å²) in [5, 5.41) is 4.86. The zero-order chi connectivity index (χ0) is 14.7. The van der Waals surface area contributed by atoms with Crippen molar-refractivity contribution in [2.24, 2.45) is 0 Å². The SMILES string of the molecule is Cc1cc(CN2CCN(Cc3ccc(Cl)cc3)CC2)no1. The number of rotatable bonds is 4. The predicted molar refractivity (Wildman–Crippen MR) is 83.2 cm³/mol. The largest absolute Gasteiger partial charge is 0.361 e. The van der Waals surface area contributed by atoms with E-state index in [1.54, 1.807) is 0 Å². The topological polar surface area (TPSA) is 32.5 Å². The minimum Gasteiger partial charge on any atom is -0.361 e. The van der Waals surface area contributed by atoms with E-state index in [0.717, 1.165) is 55.7 Å². The predicted octanol–water partition coefficient (Wildman–Crippen LogP) is 2.95. The Hall–Kier alpha value is -1.36. The van der Waals surface area contributed by atoms with Crippen LogP contribution < -0.4 is 0 Å². The first-order chi connectivity index (χ1) is 10.2. The fraction of sp³-hybridized carbons (Fsp3) is 0.438. The molecular formula is C16H20ClN3O. The van der Waals surface area contributed by atoms with Crippen molar-refractivity contribution in [3.05, 3.63) is 52.4 Å². The van der Waals surface area contributed by atoms with Crippen LogP contribution in [0.1, 0.15) is 17.0 Å². The third-order valence-electron chi connectivity index (χ3n) is 3.85. The molecule has 3 rings (SSSR count). The van der Waals surface area contributed by atoms with E-state index in [1.165, 1.54) is 5.56 Å². The van der Waals surface area contributed by atoms with Crippen LogP contribution in [0.15, 0.2) is 34.9 Å². The monoisotopic (exact) mass is 305 g/mol. The molecule has 21 heavy (non-hydrogen) atoms. The molecule has 4 nitrogen and oxygen atoms in total. The van der Waals surface area contributed by atoms with E-state index in [-0.39, 0.29) is 0 Å². The number of benzene rings is 1. The number of hydrogen-bond donors (Lipinski definition) is 0. The van der Waals surface area contributed by atoms with Crippen LogP contribution >= 0.6 is 11.6 Å². The minimum atomic E-state index is 0.798. The molecule has 1 fully saturated rings. The van der Waals surface area contributed by atoms with Crippen LogP contribution in [0, 0.1) is 6.92 Å². The van der Waals surface area contributed by atoms with Gasteiger partial charge in [-0.25, -0.2) is 0 Å². The molecule has 0 amide bonds. The Bertz CT molecular complexity index is 573. The van der Waals surface area contributed by atoms with E-state index in [0.29, 0.717) is 0 Å². The summed E-state index contributed by atoms with van der Waals surface area (Å²) in [6, 6.07) is 10.1. The summed E-state index contributed by atoms with van der Waals surface area (Å²) in [5.74, 6) is 0.881. The van der Waals surface area contributed by atoms with Crippen molar-refractivity contribution >= 4 is 11.6 Å². The summed E-state index contributed by atoms with van der Waals surface area (Å²) in [6.45, 7) is 8.11. The first kappa shape index (κ1) is 14.6. The third kappa shape index (κ3) is 4.06. The van der Waals surface area contributed by atoms with Gasteiger partial charge >= 0.3 is 0 Å². The van der Waals surface area contributed by atoms with E-state index in [2.05, 4.69) is 27.1 Å². The highest BCUT2D eigenvalue weighted by Gasteiger charge is 2.18. The van der Waals surface area contributed by atoms with Crippen molar-refractivity contribution in [3.8, 4) is 0 Å². The van der Waals surface area contributed by atoms with Gasteiger partial charge in [-0.1, -0.05) is 28.9 Å². The second kappa shape index (κ2) is 6.60. The first-order valence-electron chi connectivity index (χ1n) is 7.30. The number of aromatic nitrogens is 1. The van der Waals surface area contributed by atoms with Gasteiger partial charge in [0.15, 0.2) is 0 Å². The molecule has 0 spiro atoms. The van der Waals surface area contributed by atoms with Gasteiger partial charge in [-0.15, -0.1) is 0 Å². The molecule has 1 aromatic heterocycles. The number of nitrogens with zero attached hydrogens (tertiary/aromatic N) is 3. The fourth-order valence-electron chi connectivity index (χ4n) is 2.68. The highest BCUT2D eigenvalue weighted by atomic mass is 35.5. The summed E-state index contributed by atoms with van der Waals surface area (Å²) in [7, 11) is 0. The highest BCUT2D eigenvalue weighted by Crippen LogP contribution is 2.14. The molecule has 0 bridgehead atoms. The van der Waals surface area contributed by atoms with Gasteiger partial charge in [-0.2, -0.15) is 0 Å². The molecule has 2 heterocycles. The van der Waals surface area contributed by atoms with Gasteiger partial charge in [0.2, 0.25) is 0 Å². The summed E-state index contributed by atoms with van der Waals surface area (Å²) in [4.78, 5) is 4.91. The Labute approximate surface area is 130 Å². The molecule has 1 aliphatic rings. The van der Waals surface area contributed by atoms with Gasteiger partial charge in [0.05, 0.1) is 5.69 Å². The lowest BCUT2D eigenvalue weighted by Gasteiger charge is -2.34. The molecule has 0 radical (unpaired) electrons. The van der Waals surface area contributed by atoms with Crippen LogP contribution in [-0.2, 0) is 13.1 Å². The van der Waals surface area contributed by atoms with Crippen LogP contribution in [0.4, 0.5) is 0 Å². The summed E-state index contributed by atoms with van der Waals surface area (Å²) in [6.07, 6.45) is 0. The Kier molecular flexibility index (Phi) is 4.58. The standard InChI is InChI=1S/C16H20ClN3O/c1-13-10-16(18-21-13)12-20-8-6-19(7-9-20)11-14-2-4-15(17)5-3-14/h2-5,10H,6-9,11-12H2,1H3. The van der Waals surface area contributed by atoms with Gasteiger partial charge in [-0.3, -0.25) is 9.80 Å². The highest BCUT2D eigenvalue weighted by molar-refractivity contribution is 6.30. The number of hydrogen-bond acceptors (Lipinski definition) is 4. The average molecular weight is 306 g/mol. The van der Waals surface area contributed by atoms with E-state index in [4.69, 9.17) is 16.1 Å². The van der Waals surface area contributed by atoms with Crippen molar-refractivity contribution < 1.29 is 4.52 Å². The molecule has 1 saturated heterocycles. The summed E-state index contributed by atoms with van der Waals surface area (Å²) in [5.41, 5.74) is 2.35. The number of aryl methyl sites for hydroxylation is 1. The van der Waals surface area contributed by atoms with Gasteiger partial charge in [0.25, 0.3) is 0 Å². The maximum atomic E-state index is 5.92. The van der Waals surface area contributed by atoms with Crippen molar-refractivity contribution in [1.82, 2.24) is 15.0 Å². The Morgan fingerprint density at radius 3 is 2.24 bits per heavy atom. The van der Waals surface area contributed by atoms with Gasteiger partial charge in [-0.05, 0) is 24.6 Å². The van der Waals surface area contributed by atoms with Crippen LogP contribution in [-0.4, -0.2) is 41.1 Å². The Morgan fingerprint density at radius 2 is 1.67 bits per heavy atom. The van der Waals surface area contributed by atoms with Gasteiger partial charge in [0.1, 0.15) is 5.76 Å². The Balaban J connectivity index is 1.47. The number of piperazine rings is 1. The van der Waals surface area contributed by atoms with E-state index >= 15 is 0 Å². The lowest BCUT2D eigenvalue weighted by molar-refractivity contribution is 0.120. The van der Waals surface area contributed by atoms with Crippen LogP contribution in [0.25, 0.3) is 0 Å². The van der Waals surface area contributed by atoms with Crippen LogP contribution in [0.5, 0.6) is 0 Å². The fourth-order valence-corrected chi connectivity index (χ4v) is 2.80. The van der Waals surface area contributed by atoms with Crippen molar-refractivity contribution in [2.45, 2.75) is 20.0 Å². The van der Waals surface area contributed by atoms with Crippen molar-refractivity contribution in [3.63, 3.8) is 0 Å². The molecule has 0 atom stereocenters. The number of halogens is 1. The zero-order valence-corrected chi connectivity index (χ0v) is 13.0. The summed E-state index contributed by atoms with van der Waals surface area (Å²) < 4.78 is 5.12. The second-order valence-electron chi connectivity index (χ2n) is 5.61. The smallest absolute Gasteiger partial charge is 0.133 e. The quantitative estimate of drug-likeness (QED) is 0.869. The maximum Gasteiger partial charge on any atom is 0.133 e. The molecule has 0 N–H and O–H groups in total. The minimum absolute atomic E-state index is 0.798. The molecule has 0 unspecified atom stereocenters. The van der Waals surface area contributed by atoms with Crippen LogP contribution in [0.3, 0.4) is 0 Å². The summed E-state index contributed by atoms with van der Waals surface area (Å²) >= 11 is 5.92. The Morgan fingerprint density at radius 1 is 1.05 bits per heavy atom. The lowest BCUT2D eigenvalue weighted by atomic mass is 10.2. The van der Waals surface area contributed by atoms with Gasteiger partial charge in [0, 0.05) is 50.4 Å². The third-order valence-corrected chi connectivity index (χ3v) is 4.10.